The normalized spacial score (nSPS) is 18.9. The summed E-state index contributed by atoms with van der Waals surface area (Å²) in [5.41, 5.74) is 3.29. The van der Waals surface area contributed by atoms with Crippen molar-refractivity contribution >= 4 is 17.7 Å². The van der Waals surface area contributed by atoms with Gasteiger partial charge in [0, 0.05) is 17.7 Å². The molecule has 0 fully saturated rings. The lowest BCUT2D eigenvalue weighted by atomic mass is 9.78. The zero-order valence-electron chi connectivity index (χ0n) is 19.2. The summed E-state index contributed by atoms with van der Waals surface area (Å²) in [4.78, 5) is 28.7. The Hall–Kier alpha value is -4.34. The largest absolute Gasteiger partial charge is 0.493 e. The first-order valence-electron chi connectivity index (χ1n) is 11.1. The number of Topliss-reactive ketones (excluding diaryl/α,β-unsaturated/α-hetero) is 1. The van der Waals surface area contributed by atoms with Crippen LogP contribution in [0.5, 0.6) is 17.2 Å². The third-order valence-corrected chi connectivity index (χ3v) is 6.30. The number of carboxylic acid groups (broad SMARTS) is 1. The van der Waals surface area contributed by atoms with Gasteiger partial charge < -0.3 is 24.6 Å². The van der Waals surface area contributed by atoms with Crippen molar-refractivity contribution in [2.24, 2.45) is 0 Å². The number of carbonyl (C=O) groups is 2. The van der Waals surface area contributed by atoms with E-state index in [9.17, 15) is 9.59 Å². The Morgan fingerprint density at radius 3 is 2.54 bits per heavy atom. The van der Waals surface area contributed by atoms with Crippen LogP contribution in [0.1, 0.15) is 35.9 Å². The van der Waals surface area contributed by atoms with Gasteiger partial charge in [0.15, 0.2) is 23.9 Å². The monoisotopic (exact) mass is 476 g/mol. The maximum atomic E-state index is 13.5. The van der Waals surface area contributed by atoms with Crippen LogP contribution in [0, 0.1) is 0 Å². The van der Waals surface area contributed by atoms with Crippen molar-refractivity contribution in [3.8, 4) is 17.2 Å². The van der Waals surface area contributed by atoms with Gasteiger partial charge >= 0.3 is 5.97 Å². The fourth-order valence-electron chi connectivity index (χ4n) is 4.69. The standard InChI is InChI=1S/C25H24N4O6/c1-33-20-8-5-15(11-21(20)34-2)16-9-18-23(19(30)10-16)24(29-25(28-18)26-13-27-29)14-3-6-17(7-4-14)35-12-22(31)32/h3-8,11,13,16,24H,9-10,12H2,1-2H3,(H,31,32)(H,26,27,28). The maximum absolute atomic E-state index is 13.5. The quantitative estimate of drug-likeness (QED) is 0.529. The number of hydrogen-bond acceptors (Lipinski definition) is 8. The topological polar surface area (TPSA) is 125 Å². The minimum absolute atomic E-state index is 0.0240. The number of aliphatic carboxylic acids is 1. The van der Waals surface area contributed by atoms with E-state index in [2.05, 4.69) is 15.4 Å². The molecule has 1 aliphatic carbocycles. The summed E-state index contributed by atoms with van der Waals surface area (Å²) < 4.78 is 17.7. The Kier molecular flexibility index (Phi) is 5.86. The summed E-state index contributed by atoms with van der Waals surface area (Å²) in [7, 11) is 3.18. The van der Waals surface area contributed by atoms with Crippen molar-refractivity contribution in [1.29, 1.82) is 0 Å². The van der Waals surface area contributed by atoms with Gasteiger partial charge in [-0.25, -0.2) is 9.48 Å². The van der Waals surface area contributed by atoms with E-state index < -0.39 is 18.6 Å². The highest BCUT2D eigenvalue weighted by molar-refractivity contribution is 6.00. The highest BCUT2D eigenvalue weighted by Crippen LogP contribution is 2.45. The molecular formula is C25H24N4O6. The van der Waals surface area contributed by atoms with E-state index in [1.54, 1.807) is 31.0 Å². The van der Waals surface area contributed by atoms with Gasteiger partial charge in [0.1, 0.15) is 18.1 Å². The molecule has 2 N–H and O–H groups in total. The molecule has 1 aromatic heterocycles. The molecule has 0 saturated heterocycles. The van der Waals surface area contributed by atoms with E-state index in [-0.39, 0.29) is 11.7 Å². The molecule has 5 rings (SSSR count). The van der Waals surface area contributed by atoms with Crippen molar-refractivity contribution in [3.05, 3.63) is 71.2 Å². The summed E-state index contributed by atoms with van der Waals surface area (Å²) in [5.74, 6) is 1.19. The first-order valence-corrected chi connectivity index (χ1v) is 11.1. The minimum Gasteiger partial charge on any atom is -0.493 e. The second-order valence-electron chi connectivity index (χ2n) is 8.34. The van der Waals surface area contributed by atoms with Gasteiger partial charge in [-0.15, -0.1) is 0 Å². The van der Waals surface area contributed by atoms with Crippen LogP contribution in [0.15, 0.2) is 60.1 Å². The average Bonchev–Trinajstić information content (AvgIpc) is 3.34. The molecule has 0 saturated carbocycles. The van der Waals surface area contributed by atoms with Crippen LogP contribution in [0.3, 0.4) is 0 Å². The molecule has 2 aromatic carbocycles. The summed E-state index contributed by atoms with van der Waals surface area (Å²) in [6, 6.07) is 12.3. The number of allylic oxidation sites excluding steroid dienone is 2. The number of aromatic nitrogens is 3. The van der Waals surface area contributed by atoms with Gasteiger partial charge in [0.25, 0.3) is 0 Å². The molecule has 0 amide bonds. The molecule has 0 bridgehead atoms. The van der Waals surface area contributed by atoms with E-state index >= 15 is 0 Å². The van der Waals surface area contributed by atoms with Crippen molar-refractivity contribution in [3.63, 3.8) is 0 Å². The Morgan fingerprint density at radius 1 is 1.09 bits per heavy atom. The summed E-state index contributed by atoms with van der Waals surface area (Å²) >= 11 is 0. The number of methoxy groups -OCH3 is 2. The number of anilines is 1. The van der Waals surface area contributed by atoms with Crippen LogP contribution in [0.4, 0.5) is 5.95 Å². The molecular weight excluding hydrogens is 452 g/mol. The third-order valence-electron chi connectivity index (χ3n) is 6.30. The molecule has 10 heteroatoms. The van der Waals surface area contributed by atoms with E-state index in [1.807, 2.05) is 30.3 Å². The number of nitrogens with zero attached hydrogens (tertiary/aromatic N) is 3. The molecule has 0 spiro atoms. The molecule has 180 valence electrons. The van der Waals surface area contributed by atoms with Crippen LogP contribution in [0.25, 0.3) is 0 Å². The number of ketones is 1. The molecule has 1 aliphatic heterocycles. The van der Waals surface area contributed by atoms with Crippen molar-refractivity contribution in [2.75, 3.05) is 26.1 Å². The minimum atomic E-state index is -1.05. The number of carboxylic acids is 1. The summed E-state index contributed by atoms with van der Waals surface area (Å²) in [6.45, 7) is -0.425. The Labute approximate surface area is 201 Å². The van der Waals surface area contributed by atoms with Crippen molar-refractivity contribution < 1.29 is 28.9 Å². The first-order chi connectivity index (χ1) is 17.0. The lowest BCUT2D eigenvalue weighted by Crippen LogP contribution is -2.33. The lowest BCUT2D eigenvalue weighted by molar-refractivity contribution is -0.139. The van der Waals surface area contributed by atoms with Crippen LogP contribution in [-0.2, 0) is 9.59 Å². The lowest BCUT2D eigenvalue weighted by Gasteiger charge is -2.35. The number of ether oxygens (including phenoxy) is 3. The number of fused-ring (bicyclic) bond motifs is 1. The van der Waals surface area contributed by atoms with Gasteiger partial charge in [-0.05, 0) is 47.7 Å². The van der Waals surface area contributed by atoms with Gasteiger partial charge in [-0.2, -0.15) is 10.1 Å². The van der Waals surface area contributed by atoms with Crippen molar-refractivity contribution in [2.45, 2.75) is 24.8 Å². The molecule has 0 radical (unpaired) electrons. The summed E-state index contributed by atoms with van der Waals surface area (Å²) in [6.07, 6.45) is 2.42. The molecule has 3 aromatic rings. The van der Waals surface area contributed by atoms with Gasteiger partial charge in [0.2, 0.25) is 5.95 Å². The molecule has 2 unspecified atom stereocenters. The Balaban J connectivity index is 1.48. The van der Waals surface area contributed by atoms with Crippen LogP contribution in [0.2, 0.25) is 0 Å². The third kappa shape index (κ3) is 4.18. The van der Waals surface area contributed by atoms with Gasteiger partial charge in [-0.3, -0.25) is 4.79 Å². The number of benzene rings is 2. The fourth-order valence-corrected chi connectivity index (χ4v) is 4.69. The predicted molar refractivity (Wildman–Crippen MR) is 125 cm³/mol. The molecule has 2 aliphatic rings. The van der Waals surface area contributed by atoms with Gasteiger partial charge in [-0.1, -0.05) is 18.2 Å². The van der Waals surface area contributed by atoms with E-state index in [0.717, 1.165) is 16.8 Å². The van der Waals surface area contributed by atoms with Gasteiger partial charge in [0.05, 0.1) is 14.2 Å². The maximum Gasteiger partial charge on any atom is 0.341 e. The smallest absolute Gasteiger partial charge is 0.341 e. The first kappa shape index (κ1) is 22.5. The second kappa shape index (κ2) is 9.13. The zero-order valence-corrected chi connectivity index (χ0v) is 19.2. The Morgan fingerprint density at radius 2 is 1.83 bits per heavy atom. The molecule has 2 heterocycles. The Bertz CT molecular complexity index is 1310. The number of carbonyl (C=O) groups excluding carboxylic acids is 1. The predicted octanol–water partition coefficient (Wildman–Crippen LogP) is 3.17. The SMILES string of the molecule is COc1ccc(C2CC(=O)C3=C(C2)Nc2ncnn2C3c2ccc(OCC(=O)O)cc2)cc1OC. The molecule has 35 heavy (non-hydrogen) atoms. The molecule has 10 nitrogen and oxygen atoms in total. The highest BCUT2D eigenvalue weighted by atomic mass is 16.5. The second-order valence-corrected chi connectivity index (χ2v) is 8.34. The molecule has 2 atom stereocenters. The van der Waals surface area contributed by atoms with Crippen LogP contribution >= 0.6 is 0 Å². The van der Waals surface area contributed by atoms with Crippen LogP contribution < -0.4 is 19.5 Å². The zero-order chi connectivity index (χ0) is 24.5. The van der Waals surface area contributed by atoms with E-state index in [1.165, 1.54) is 6.33 Å². The average molecular weight is 476 g/mol. The summed E-state index contributed by atoms with van der Waals surface area (Å²) in [5, 5.41) is 16.5. The van der Waals surface area contributed by atoms with Crippen LogP contribution in [-0.4, -0.2) is 52.5 Å². The number of rotatable bonds is 7. The number of nitrogens with one attached hydrogen (secondary N) is 1. The van der Waals surface area contributed by atoms with Crippen molar-refractivity contribution in [1.82, 2.24) is 14.8 Å². The van der Waals surface area contributed by atoms with E-state index in [0.29, 0.717) is 41.6 Å². The van der Waals surface area contributed by atoms with E-state index in [4.69, 9.17) is 19.3 Å². The number of hydrogen-bond donors (Lipinski definition) is 2. The fraction of sp³-hybridized carbons (Fsp3) is 0.280. The highest BCUT2D eigenvalue weighted by Gasteiger charge is 2.39.